The molecule has 0 spiro atoms. The normalized spacial score (nSPS) is 33.3. The summed E-state index contributed by atoms with van der Waals surface area (Å²) >= 11 is 0. The van der Waals surface area contributed by atoms with Gasteiger partial charge < -0.3 is 9.84 Å². The molecule has 0 aliphatic carbocycles. The van der Waals surface area contributed by atoms with Crippen molar-refractivity contribution in [3.8, 4) is 0 Å². The predicted octanol–water partition coefficient (Wildman–Crippen LogP) is 0.476. The number of carbonyl (C=O) groups is 1. The molecule has 0 aromatic heterocycles. The number of β-lactam (4-membered cyclic amide) rings is 1. The van der Waals surface area contributed by atoms with Crippen LogP contribution < -0.4 is 0 Å². The summed E-state index contributed by atoms with van der Waals surface area (Å²) in [5.41, 5.74) is 0. The van der Waals surface area contributed by atoms with E-state index in [1.807, 2.05) is 13.8 Å². The van der Waals surface area contributed by atoms with Gasteiger partial charge in [0.2, 0.25) is 5.91 Å². The maximum absolute atomic E-state index is 11.3. The third-order valence-corrected chi connectivity index (χ3v) is 2.73. The molecule has 2 saturated heterocycles. The lowest BCUT2D eigenvalue weighted by atomic mass is 9.98. The van der Waals surface area contributed by atoms with Gasteiger partial charge in [-0.1, -0.05) is 13.8 Å². The van der Waals surface area contributed by atoms with Gasteiger partial charge in [-0.15, -0.1) is 0 Å². The predicted molar refractivity (Wildman–Crippen MR) is 50.1 cm³/mol. The number of fused-ring (bicyclic) bond motifs is 1. The average Bonchev–Trinajstić information content (AvgIpc) is 2.39. The van der Waals surface area contributed by atoms with E-state index in [0.717, 1.165) is 5.76 Å². The molecule has 2 rings (SSSR count). The van der Waals surface area contributed by atoms with Crippen LogP contribution >= 0.6 is 0 Å². The molecular formula is C10H15NO3. The van der Waals surface area contributed by atoms with Crippen LogP contribution in [0.25, 0.3) is 0 Å². The second-order valence-corrected chi connectivity index (χ2v) is 4.06. The highest BCUT2D eigenvalue weighted by Crippen LogP contribution is 2.39. The zero-order valence-electron chi connectivity index (χ0n) is 8.43. The summed E-state index contributed by atoms with van der Waals surface area (Å²) in [5, 5.41) is 8.83. The molecule has 2 heterocycles. The number of amides is 1. The third-order valence-electron chi connectivity index (χ3n) is 2.73. The fourth-order valence-corrected chi connectivity index (χ4v) is 2.11. The van der Waals surface area contributed by atoms with E-state index in [1.165, 1.54) is 0 Å². The molecule has 0 saturated carbocycles. The van der Waals surface area contributed by atoms with Crippen LogP contribution in [0.3, 0.4) is 0 Å². The van der Waals surface area contributed by atoms with E-state index < -0.39 is 0 Å². The number of hydrogen-bond donors (Lipinski definition) is 1. The van der Waals surface area contributed by atoms with Crippen molar-refractivity contribution < 1.29 is 14.6 Å². The first-order valence-corrected chi connectivity index (χ1v) is 4.94. The van der Waals surface area contributed by atoms with Gasteiger partial charge >= 0.3 is 0 Å². The van der Waals surface area contributed by atoms with Gasteiger partial charge in [0, 0.05) is 0 Å². The van der Waals surface area contributed by atoms with E-state index in [-0.39, 0.29) is 24.8 Å². The first-order chi connectivity index (χ1) is 6.65. The van der Waals surface area contributed by atoms with Crippen LogP contribution in [0.15, 0.2) is 11.8 Å². The molecule has 0 bridgehead atoms. The molecule has 0 aromatic rings. The molecule has 2 aliphatic heterocycles. The molecule has 1 amide bonds. The Labute approximate surface area is 83.2 Å². The molecule has 14 heavy (non-hydrogen) atoms. The van der Waals surface area contributed by atoms with Crippen LogP contribution in [0, 0.1) is 5.92 Å². The standard InChI is InChI=1S/C10H15NO3/c1-6(2)10-7(3-4-12)14-9-5-8(13)11(9)10/h3,6,9-10,12H,4-5H2,1-2H3/b7-3-/t9-,10+/m1/s1. The second kappa shape index (κ2) is 3.28. The highest BCUT2D eigenvalue weighted by molar-refractivity contribution is 5.84. The lowest BCUT2D eigenvalue weighted by Gasteiger charge is -2.36. The van der Waals surface area contributed by atoms with E-state index >= 15 is 0 Å². The van der Waals surface area contributed by atoms with Crippen LogP contribution in [-0.4, -0.2) is 34.8 Å². The fourth-order valence-electron chi connectivity index (χ4n) is 2.11. The molecule has 4 nitrogen and oxygen atoms in total. The minimum absolute atomic E-state index is 0.0217. The quantitative estimate of drug-likeness (QED) is 0.655. The summed E-state index contributed by atoms with van der Waals surface area (Å²) < 4.78 is 5.55. The summed E-state index contributed by atoms with van der Waals surface area (Å²) in [5.74, 6) is 1.22. The zero-order chi connectivity index (χ0) is 10.3. The number of rotatable bonds is 2. The zero-order valence-corrected chi connectivity index (χ0v) is 8.43. The van der Waals surface area contributed by atoms with E-state index in [9.17, 15) is 4.79 Å². The molecule has 2 aliphatic rings. The molecular weight excluding hydrogens is 182 g/mol. The number of aliphatic hydroxyl groups excluding tert-OH is 1. The first-order valence-electron chi connectivity index (χ1n) is 4.94. The maximum atomic E-state index is 11.3. The minimum Gasteiger partial charge on any atom is -0.472 e. The number of nitrogens with zero attached hydrogens (tertiary/aromatic N) is 1. The van der Waals surface area contributed by atoms with Crippen molar-refractivity contribution in [2.75, 3.05) is 6.61 Å². The smallest absolute Gasteiger partial charge is 0.231 e. The Balaban J connectivity index is 2.22. The molecule has 0 aromatic carbocycles. The SMILES string of the molecule is CC(C)[C@H]1/C(=C/CO)O[C@@H]2CC(=O)N12. The van der Waals surface area contributed by atoms with Gasteiger partial charge in [0.05, 0.1) is 19.1 Å². The van der Waals surface area contributed by atoms with Gasteiger partial charge in [-0.05, 0) is 12.0 Å². The van der Waals surface area contributed by atoms with Crippen molar-refractivity contribution in [3.63, 3.8) is 0 Å². The Morgan fingerprint density at radius 1 is 1.71 bits per heavy atom. The van der Waals surface area contributed by atoms with Gasteiger partial charge in [0.25, 0.3) is 0 Å². The number of aliphatic hydroxyl groups is 1. The van der Waals surface area contributed by atoms with Gasteiger partial charge in [-0.3, -0.25) is 9.69 Å². The Hall–Kier alpha value is -1.03. The first kappa shape index (κ1) is 9.52. The number of carbonyl (C=O) groups excluding carboxylic acids is 1. The number of hydrogen-bond acceptors (Lipinski definition) is 3. The van der Waals surface area contributed by atoms with E-state index in [2.05, 4.69) is 0 Å². The van der Waals surface area contributed by atoms with E-state index in [1.54, 1.807) is 11.0 Å². The summed E-state index contributed by atoms with van der Waals surface area (Å²) in [4.78, 5) is 13.1. The van der Waals surface area contributed by atoms with Crippen molar-refractivity contribution in [2.45, 2.75) is 32.5 Å². The van der Waals surface area contributed by atoms with Crippen LogP contribution in [0.1, 0.15) is 20.3 Å². The Kier molecular flexibility index (Phi) is 2.23. The van der Waals surface area contributed by atoms with Crippen molar-refractivity contribution >= 4 is 5.91 Å². The maximum Gasteiger partial charge on any atom is 0.231 e. The van der Waals surface area contributed by atoms with Crippen LogP contribution in [0.4, 0.5) is 0 Å². The monoisotopic (exact) mass is 197 g/mol. The van der Waals surface area contributed by atoms with Crippen LogP contribution in [-0.2, 0) is 9.53 Å². The Bertz CT molecular complexity index is 285. The molecule has 1 N–H and O–H groups in total. The van der Waals surface area contributed by atoms with Crippen molar-refractivity contribution in [2.24, 2.45) is 5.92 Å². The van der Waals surface area contributed by atoms with Crippen molar-refractivity contribution in [3.05, 3.63) is 11.8 Å². The Morgan fingerprint density at radius 2 is 2.43 bits per heavy atom. The highest BCUT2D eigenvalue weighted by Gasteiger charge is 2.51. The van der Waals surface area contributed by atoms with E-state index in [0.29, 0.717) is 12.3 Å². The van der Waals surface area contributed by atoms with Crippen molar-refractivity contribution in [1.29, 1.82) is 0 Å². The third kappa shape index (κ3) is 1.21. The fraction of sp³-hybridized carbons (Fsp3) is 0.700. The van der Waals surface area contributed by atoms with Gasteiger partial charge in [0.15, 0.2) is 6.23 Å². The lowest BCUT2D eigenvalue weighted by molar-refractivity contribution is -0.157. The summed E-state index contributed by atoms with van der Waals surface area (Å²) in [6, 6.07) is 0.0217. The molecule has 78 valence electrons. The minimum atomic E-state index is -0.0762. The van der Waals surface area contributed by atoms with Crippen LogP contribution in [0.2, 0.25) is 0 Å². The molecule has 2 atom stereocenters. The molecule has 0 radical (unpaired) electrons. The van der Waals surface area contributed by atoms with Gasteiger partial charge in [-0.25, -0.2) is 0 Å². The highest BCUT2D eigenvalue weighted by atomic mass is 16.5. The molecule has 0 unspecified atom stereocenters. The summed E-state index contributed by atoms with van der Waals surface area (Å²) in [6.07, 6.45) is 2.05. The number of ether oxygens (including phenoxy) is 1. The largest absolute Gasteiger partial charge is 0.472 e. The van der Waals surface area contributed by atoms with E-state index in [4.69, 9.17) is 9.84 Å². The molecule has 4 heteroatoms. The van der Waals surface area contributed by atoms with Gasteiger partial charge in [-0.2, -0.15) is 0 Å². The summed E-state index contributed by atoms with van der Waals surface area (Å²) in [6.45, 7) is 4.06. The van der Waals surface area contributed by atoms with Crippen molar-refractivity contribution in [1.82, 2.24) is 4.90 Å². The van der Waals surface area contributed by atoms with Crippen LogP contribution in [0.5, 0.6) is 0 Å². The second-order valence-electron chi connectivity index (χ2n) is 4.06. The molecule has 2 fully saturated rings. The Morgan fingerprint density at radius 3 is 2.93 bits per heavy atom. The average molecular weight is 197 g/mol. The topological polar surface area (TPSA) is 49.8 Å². The summed E-state index contributed by atoms with van der Waals surface area (Å²) in [7, 11) is 0. The lowest BCUT2D eigenvalue weighted by Crippen LogP contribution is -2.53. The van der Waals surface area contributed by atoms with Gasteiger partial charge in [0.1, 0.15) is 5.76 Å².